The first-order valence-electron chi connectivity index (χ1n) is 6.74. The van der Waals surface area contributed by atoms with Gasteiger partial charge in [-0.1, -0.05) is 25.5 Å². The Bertz CT molecular complexity index is 458. The first-order valence-corrected chi connectivity index (χ1v) is 6.74. The van der Waals surface area contributed by atoms with E-state index in [1.807, 2.05) is 19.1 Å². The van der Waals surface area contributed by atoms with Crippen LogP contribution in [0, 0.1) is 12.3 Å². The van der Waals surface area contributed by atoms with E-state index >= 15 is 0 Å². The summed E-state index contributed by atoms with van der Waals surface area (Å²) in [7, 11) is 1.68. The van der Waals surface area contributed by atoms with Crippen LogP contribution in [0.1, 0.15) is 36.2 Å². The van der Waals surface area contributed by atoms with Crippen LogP contribution >= 0.6 is 0 Å². The number of hydrogen-bond donors (Lipinski definition) is 3. The molecule has 0 atom stereocenters. The van der Waals surface area contributed by atoms with Crippen LogP contribution in [0.5, 0.6) is 0 Å². The number of amides is 1. The number of nitrogens with two attached hydrogens (primary N) is 1. The van der Waals surface area contributed by atoms with Crippen LogP contribution in [0.25, 0.3) is 0 Å². The molecule has 0 saturated heterocycles. The molecular formula is C15H25N3O2. The zero-order valence-electron chi connectivity index (χ0n) is 12.7. The van der Waals surface area contributed by atoms with Gasteiger partial charge in [-0.2, -0.15) is 0 Å². The fourth-order valence-electron chi connectivity index (χ4n) is 1.85. The van der Waals surface area contributed by atoms with Gasteiger partial charge in [0.1, 0.15) is 0 Å². The SMILES string of the molecule is COCCC(C)(C)CNC(=O)c1cc(C)ccc1NN. The van der Waals surface area contributed by atoms with Crippen molar-refractivity contribution in [1.29, 1.82) is 0 Å². The summed E-state index contributed by atoms with van der Waals surface area (Å²) in [6, 6.07) is 5.54. The van der Waals surface area contributed by atoms with Gasteiger partial charge in [0.2, 0.25) is 0 Å². The van der Waals surface area contributed by atoms with E-state index in [2.05, 4.69) is 24.6 Å². The van der Waals surface area contributed by atoms with Crippen molar-refractivity contribution in [3.63, 3.8) is 0 Å². The predicted molar refractivity (Wildman–Crippen MR) is 81.6 cm³/mol. The second kappa shape index (κ2) is 7.26. The Morgan fingerprint density at radius 2 is 2.10 bits per heavy atom. The maximum Gasteiger partial charge on any atom is 0.253 e. The summed E-state index contributed by atoms with van der Waals surface area (Å²) in [6.45, 7) is 7.42. The number of carbonyl (C=O) groups is 1. The smallest absolute Gasteiger partial charge is 0.253 e. The van der Waals surface area contributed by atoms with E-state index in [-0.39, 0.29) is 11.3 Å². The molecule has 5 heteroatoms. The normalized spacial score (nSPS) is 11.2. The zero-order valence-corrected chi connectivity index (χ0v) is 12.7. The van der Waals surface area contributed by atoms with Gasteiger partial charge in [0, 0.05) is 20.3 Å². The number of methoxy groups -OCH3 is 1. The van der Waals surface area contributed by atoms with Gasteiger partial charge in [0.05, 0.1) is 11.3 Å². The van der Waals surface area contributed by atoms with E-state index in [9.17, 15) is 4.79 Å². The molecule has 0 aliphatic carbocycles. The Kier molecular flexibility index (Phi) is 5.98. The van der Waals surface area contributed by atoms with Crippen LogP contribution in [0.3, 0.4) is 0 Å². The minimum Gasteiger partial charge on any atom is -0.385 e. The molecule has 0 bridgehead atoms. The van der Waals surface area contributed by atoms with E-state index in [0.717, 1.165) is 12.0 Å². The summed E-state index contributed by atoms with van der Waals surface area (Å²) in [4.78, 5) is 12.3. The van der Waals surface area contributed by atoms with E-state index in [1.165, 1.54) is 0 Å². The second-order valence-corrected chi connectivity index (χ2v) is 5.78. The summed E-state index contributed by atoms with van der Waals surface area (Å²) >= 11 is 0. The van der Waals surface area contributed by atoms with Crippen molar-refractivity contribution in [3.05, 3.63) is 29.3 Å². The Hall–Kier alpha value is -1.59. The van der Waals surface area contributed by atoms with Crippen molar-refractivity contribution in [2.24, 2.45) is 11.3 Å². The number of benzene rings is 1. The molecule has 112 valence electrons. The van der Waals surface area contributed by atoms with E-state index in [1.54, 1.807) is 13.2 Å². The van der Waals surface area contributed by atoms with E-state index in [4.69, 9.17) is 10.6 Å². The molecule has 1 amide bonds. The molecule has 0 radical (unpaired) electrons. The zero-order chi connectivity index (χ0) is 15.2. The van der Waals surface area contributed by atoms with Crippen molar-refractivity contribution in [2.75, 3.05) is 25.7 Å². The third kappa shape index (κ3) is 4.83. The molecule has 1 aromatic rings. The fourth-order valence-corrected chi connectivity index (χ4v) is 1.85. The number of anilines is 1. The molecule has 1 aromatic carbocycles. The number of ether oxygens (including phenoxy) is 1. The summed E-state index contributed by atoms with van der Waals surface area (Å²) in [5.74, 6) is 5.32. The lowest BCUT2D eigenvalue weighted by atomic mass is 9.89. The topological polar surface area (TPSA) is 76.4 Å². The molecule has 0 aliphatic heterocycles. The Morgan fingerprint density at radius 3 is 2.70 bits per heavy atom. The Morgan fingerprint density at radius 1 is 1.40 bits per heavy atom. The molecule has 0 unspecified atom stereocenters. The molecule has 0 heterocycles. The summed E-state index contributed by atoms with van der Waals surface area (Å²) in [6.07, 6.45) is 0.888. The van der Waals surface area contributed by atoms with Crippen molar-refractivity contribution in [2.45, 2.75) is 27.2 Å². The molecule has 0 aliphatic rings. The summed E-state index contributed by atoms with van der Waals surface area (Å²) in [5, 5.41) is 2.96. The lowest BCUT2D eigenvalue weighted by Gasteiger charge is -2.24. The summed E-state index contributed by atoms with van der Waals surface area (Å²) < 4.78 is 5.08. The first-order chi connectivity index (χ1) is 9.39. The molecule has 20 heavy (non-hydrogen) atoms. The van der Waals surface area contributed by atoms with Crippen LogP contribution in [0.2, 0.25) is 0 Å². The minimum absolute atomic E-state index is 0.00813. The Balaban J connectivity index is 2.69. The maximum absolute atomic E-state index is 12.3. The highest BCUT2D eigenvalue weighted by atomic mass is 16.5. The predicted octanol–water partition coefficient (Wildman–Crippen LogP) is 2.07. The van der Waals surface area contributed by atoms with Crippen LogP contribution < -0.4 is 16.6 Å². The van der Waals surface area contributed by atoms with Crippen LogP contribution in [-0.4, -0.2) is 26.2 Å². The van der Waals surface area contributed by atoms with Crippen molar-refractivity contribution >= 4 is 11.6 Å². The lowest BCUT2D eigenvalue weighted by Crippen LogP contribution is -2.35. The van der Waals surface area contributed by atoms with Crippen LogP contribution in [0.15, 0.2) is 18.2 Å². The third-order valence-electron chi connectivity index (χ3n) is 3.29. The van der Waals surface area contributed by atoms with Gasteiger partial charge in [-0.15, -0.1) is 0 Å². The van der Waals surface area contributed by atoms with Gasteiger partial charge in [-0.3, -0.25) is 10.6 Å². The molecular weight excluding hydrogens is 254 g/mol. The maximum atomic E-state index is 12.3. The number of hydrogen-bond acceptors (Lipinski definition) is 4. The van der Waals surface area contributed by atoms with Crippen LogP contribution in [0.4, 0.5) is 5.69 Å². The number of carbonyl (C=O) groups excluding carboxylic acids is 1. The van der Waals surface area contributed by atoms with Gasteiger partial charge in [0.25, 0.3) is 5.91 Å². The summed E-state index contributed by atoms with van der Waals surface area (Å²) in [5.41, 5.74) is 4.76. The first kappa shape index (κ1) is 16.5. The van der Waals surface area contributed by atoms with Gasteiger partial charge in [-0.05, 0) is 30.9 Å². The third-order valence-corrected chi connectivity index (χ3v) is 3.29. The number of hydrazine groups is 1. The van der Waals surface area contributed by atoms with E-state index in [0.29, 0.717) is 24.4 Å². The average Bonchev–Trinajstić information content (AvgIpc) is 2.42. The molecule has 1 rings (SSSR count). The Labute approximate surface area is 120 Å². The number of nitrogens with one attached hydrogen (secondary N) is 2. The fraction of sp³-hybridized carbons (Fsp3) is 0.533. The second-order valence-electron chi connectivity index (χ2n) is 5.78. The van der Waals surface area contributed by atoms with Crippen molar-refractivity contribution < 1.29 is 9.53 Å². The van der Waals surface area contributed by atoms with Crippen molar-refractivity contribution in [3.8, 4) is 0 Å². The number of nitrogen functional groups attached to an aromatic ring is 1. The van der Waals surface area contributed by atoms with E-state index < -0.39 is 0 Å². The minimum atomic E-state index is -0.118. The highest BCUT2D eigenvalue weighted by Gasteiger charge is 2.20. The molecule has 4 N–H and O–H groups in total. The molecule has 0 spiro atoms. The molecule has 5 nitrogen and oxygen atoms in total. The van der Waals surface area contributed by atoms with Gasteiger partial charge in [-0.25, -0.2) is 0 Å². The van der Waals surface area contributed by atoms with Gasteiger partial charge >= 0.3 is 0 Å². The molecule has 0 saturated carbocycles. The largest absolute Gasteiger partial charge is 0.385 e. The lowest BCUT2D eigenvalue weighted by molar-refractivity contribution is 0.0921. The monoisotopic (exact) mass is 279 g/mol. The number of rotatable bonds is 7. The van der Waals surface area contributed by atoms with Gasteiger partial charge < -0.3 is 15.5 Å². The highest BCUT2D eigenvalue weighted by molar-refractivity contribution is 5.99. The quantitative estimate of drug-likeness (QED) is 0.527. The average molecular weight is 279 g/mol. The highest BCUT2D eigenvalue weighted by Crippen LogP contribution is 2.20. The molecule has 0 aromatic heterocycles. The number of aryl methyl sites for hydroxylation is 1. The molecule has 0 fully saturated rings. The van der Waals surface area contributed by atoms with Crippen LogP contribution in [-0.2, 0) is 4.74 Å². The van der Waals surface area contributed by atoms with Gasteiger partial charge in [0.15, 0.2) is 0 Å². The standard InChI is InChI=1S/C15H25N3O2/c1-11-5-6-13(18-16)12(9-11)14(19)17-10-15(2,3)7-8-20-4/h5-6,9,18H,7-8,10,16H2,1-4H3,(H,17,19). The van der Waals surface area contributed by atoms with Crippen molar-refractivity contribution in [1.82, 2.24) is 5.32 Å².